The van der Waals surface area contributed by atoms with Crippen molar-refractivity contribution in [3.63, 3.8) is 0 Å². The highest BCUT2D eigenvalue weighted by Gasteiger charge is 2.10. The van der Waals surface area contributed by atoms with Gasteiger partial charge in [-0.15, -0.1) is 0 Å². The Morgan fingerprint density at radius 3 is 2.87 bits per heavy atom. The van der Waals surface area contributed by atoms with Gasteiger partial charge in [0.15, 0.2) is 0 Å². The second-order valence-electron chi connectivity index (χ2n) is 2.93. The second kappa shape index (κ2) is 3.53. The first-order valence-corrected chi connectivity index (χ1v) is 4.30. The number of hydrogen-bond donors (Lipinski definition) is 1. The van der Waals surface area contributed by atoms with E-state index in [1.54, 1.807) is 24.3 Å². The molecule has 1 heterocycles. The van der Waals surface area contributed by atoms with Crippen molar-refractivity contribution >= 4 is 16.9 Å². The van der Waals surface area contributed by atoms with Gasteiger partial charge in [-0.25, -0.2) is 4.79 Å². The summed E-state index contributed by atoms with van der Waals surface area (Å²) in [6.07, 6.45) is 0. The van der Waals surface area contributed by atoms with Crippen LogP contribution in [0, 0.1) is 0 Å². The number of nitrogens with zero attached hydrogens (tertiary/aromatic N) is 1. The quantitative estimate of drug-likeness (QED) is 0.694. The second-order valence-corrected chi connectivity index (χ2v) is 2.93. The predicted octanol–water partition coefficient (Wildman–Crippen LogP) is 0.710. The molecule has 1 aromatic carbocycles. The van der Waals surface area contributed by atoms with Gasteiger partial charge in [-0.2, -0.15) is 4.98 Å². The predicted molar refractivity (Wildman–Crippen MR) is 53.7 cm³/mol. The number of nitrogens with one attached hydrogen (secondary N) is 1. The van der Waals surface area contributed by atoms with Gasteiger partial charge >= 0.3 is 5.97 Å². The number of methoxy groups -OCH3 is 1. The minimum Gasteiger partial charge on any atom is -0.463 e. The molecular weight excluding hydrogens is 196 g/mol. The molecule has 5 nitrogen and oxygen atoms in total. The van der Waals surface area contributed by atoms with Crippen LogP contribution in [0.15, 0.2) is 29.1 Å². The minimum absolute atomic E-state index is 0.0822. The molecule has 0 spiro atoms. The number of benzene rings is 1. The van der Waals surface area contributed by atoms with E-state index >= 15 is 0 Å². The molecule has 2 aromatic rings. The largest absolute Gasteiger partial charge is 0.463 e. The third-order valence-corrected chi connectivity index (χ3v) is 2.00. The Morgan fingerprint density at radius 2 is 2.13 bits per heavy atom. The van der Waals surface area contributed by atoms with Crippen molar-refractivity contribution in [3.05, 3.63) is 40.4 Å². The van der Waals surface area contributed by atoms with Gasteiger partial charge in [0.05, 0.1) is 18.0 Å². The number of H-pyrrole nitrogens is 1. The molecule has 0 bridgehead atoms. The third kappa shape index (κ3) is 1.59. The molecule has 0 atom stereocenters. The van der Waals surface area contributed by atoms with E-state index in [1.807, 2.05) is 0 Å². The monoisotopic (exact) mass is 204 g/mol. The summed E-state index contributed by atoms with van der Waals surface area (Å²) in [7, 11) is 1.23. The number of para-hydroxylation sites is 1. The van der Waals surface area contributed by atoms with Crippen LogP contribution in [-0.4, -0.2) is 23.0 Å². The van der Waals surface area contributed by atoms with Crippen LogP contribution in [0.2, 0.25) is 0 Å². The number of rotatable bonds is 1. The van der Waals surface area contributed by atoms with Crippen LogP contribution < -0.4 is 5.56 Å². The highest BCUT2D eigenvalue weighted by molar-refractivity contribution is 5.88. The fraction of sp³-hybridized carbons (Fsp3) is 0.100. The van der Waals surface area contributed by atoms with Crippen LogP contribution in [0.5, 0.6) is 0 Å². The van der Waals surface area contributed by atoms with Crippen molar-refractivity contribution in [1.82, 2.24) is 9.97 Å². The van der Waals surface area contributed by atoms with Crippen molar-refractivity contribution < 1.29 is 9.53 Å². The van der Waals surface area contributed by atoms with Crippen LogP contribution in [0.25, 0.3) is 10.9 Å². The van der Waals surface area contributed by atoms with Gasteiger partial charge < -0.3 is 9.72 Å². The summed E-state index contributed by atoms with van der Waals surface area (Å²) in [5.74, 6) is -0.737. The Labute approximate surface area is 84.7 Å². The number of carbonyl (C=O) groups is 1. The molecule has 0 aliphatic rings. The first-order valence-electron chi connectivity index (χ1n) is 4.30. The standard InChI is InChI=1S/C10H8N2O3/c1-15-10(14)8-11-7-5-3-2-4-6(7)9(13)12-8/h2-5H,1H3,(H,11,12,13). The van der Waals surface area contributed by atoms with Gasteiger partial charge in [-0.3, -0.25) is 4.79 Å². The van der Waals surface area contributed by atoms with Gasteiger partial charge in [0.25, 0.3) is 5.56 Å². The van der Waals surface area contributed by atoms with Crippen LogP contribution in [-0.2, 0) is 4.74 Å². The summed E-state index contributed by atoms with van der Waals surface area (Å²) in [6, 6.07) is 6.84. The van der Waals surface area contributed by atoms with Gasteiger partial charge in [-0.05, 0) is 12.1 Å². The zero-order chi connectivity index (χ0) is 10.8. The maximum absolute atomic E-state index is 11.5. The smallest absolute Gasteiger partial charge is 0.374 e. The van der Waals surface area contributed by atoms with Crippen molar-refractivity contribution in [1.29, 1.82) is 0 Å². The molecule has 0 fully saturated rings. The molecular formula is C10H8N2O3. The maximum Gasteiger partial charge on any atom is 0.374 e. The molecule has 2 rings (SSSR count). The zero-order valence-electron chi connectivity index (χ0n) is 7.98. The molecule has 0 amide bonds. The lowest BCUT2D eigenvalue weighted by Gasteiger charge is -2.00. The topological polar surface area (TPSA) is 72.0 Å². The molecule has 15 heavy (non-hydrogen) atoms. The molecule has 0 aliphatic heterocycles. The summed E-state index contributed by atoms with van der Waals surface area (Å²) < 4.78 is 4.47. The minimum atomic E-state index is -0.655. The molecule has 76 valence electrons. The Kier molecular flexibility index (Phi) is 2.21. The number of carbonyl (C=O) groups excluding carboxylic acids is 1. The Balaban J connectivity index is 2.73. The summed E-state index contributed by atoms with van der Waals surface area (Å²) in [6.45, 7) is 0. The van der Waals surface area contributed by atoms with Gasteiger partial charge in [-0.1, -0.05) is 12.1 Å². The van der Waals surface area contributed by atoms with Crippen LogP contribution >= 0.6 is 0 Å². The first-order chi connectivity index (χ1) is 7.22. The molecule has 1 N–H and O–H groups in total. The fourth-order valence-electron chi connectivity index (χ4n) is 1.29. The van der Waals surface area contributed by atoms with Crippen LogP contribution in [0.1, 0.15) is 10.6 Å². The van der Waals surface area contributed by atoms with Crippen LogP contribution in [0.3, 0.4) is 0 Å². The van der Waals surface area contributed by atoms with Crippen molar-refractivity contribution in [2.24, 2.45) is 0 Å². The molecule has 0 saturated heterocycles. The molecule has 0 saturated carbocycles. The highest BCUT2D eigenvalue weighted by atomic mass is 16.5. The molecule has 0 aliphatic carbocycles. The zero-order valence-corrected chi connectivity index (χ0v) is 7.98. The number of ether oxygens (including phenoxy) is 1. The summed E-state index contributed by atoms with van der Waals surface area (Å²) in [5.41, 5.74) is 0.127. The van der Waals surface area contributed by atoms with Gasteiger partial charge in [0.2, 0.25) is 5.82 Å². The SMILES string of the molecule is COC(=O)c1nc(=O)c2ccccc2[nH]1. The van der Waals surface area contributed by atoms with E-state index in [0.29, 0.717) is 10.9 Å². The molecule has 0 radical (unpaired) electrons. The maximum atomic E-state index is 11.5. The number of fused-ring (bicyclic) bond motifs is 1. The van der Waals surface area contributed by atoms with E-state index in [0.717, 1.165) is 0 Å². The van der Waals surface area contributed by atoms with E-state index < -0.39 is 11.5 Å². The molecule has 0 unspecified atom stereocenters. The molecule has 5 heteroatoms. The first kappa shape index (κ1) is 9.39. The van der Waals surface area contributed by atoms with E-state index in [-0.39, 0.29) is 5.82 Å². The Bertz CT molecular complexity index is 574. The average Bonchev–Trinajstić information content (AvgIpc) is 2.28. The van der Waals surface area contributed by atoms with Gasteiger partial charge in [0, 0.05) is 0 Å². The lowest BCUT2D eigenvalue weighted by atomic mass is 10.2. The lowest BCUT2D eigenvalue weighted by molar-refractivity contribution is 0.0587. The number of aromatic nitrogens is 2. The normalized spacial score (nSPS) is 10.2. The summed E-state index contributed by atoms with van der Waals surface area (Å²) >= 11 is 0. The summed E-state index contributed by atoms with van der Waals surface area (Å²) in [5, 5.41) is 0.449. The van der Waals surface area contributed by atoms with Crippen molar-refractivity contribution in [3.8, 4) is 0 Å². The van der Waals surface area contributed by atoms with E-state index in [1.165, 1.54) is 7.11 Å². The van der Waals surface area contributed by atoms with E-state index in [2.05, 4.69) is 14.7 Å². The van der Waals surface area contributed by atoms with Crippen molar-refractivity contribution in [2.45, 2.75) is 0 Å². The highest BCUT2D eigenvalue weighted by Crippen LogP contribution is 2.05. The average molecular weight is 204 g/mol. The lowest BCUT2D eigenvalue weighted by Crippen LogP contribution is -2.16. The summed E-state index contributed by atoms with van der Waals surface area (Å²) in [4.78, 5) is 29.0. The number of hydrogen-bond acceptors (Lipinski definition) is 4. The molecule has 1 aromatic heterocycles. The van der Waals surface area contributed by atoms with Crippen LogP contribution in [0.4, 0.5) is 0 Å². The Hall–Kier alpha value is -2.17. The number of esters is 1. The van der Waals surface area contributed by atoms with Crippen molar-refractivity contribution in [2.75, 3.05) is 7.11 Å². The Morgan fingerprint density at radius 1 is 1.40 bits per heavy atom. The third-order valence-electron chi connectivity index (χ3n) is 2.00. The van der Waals surface area contributed by atoms with E-state index in [9.17, 15) is 9.59 Å². The number of aromatic amines is 1. The van der Waals surface area contributed by atoms with E-state index in [4.69, 9.17) is 0 Å². The van der Waals surface area contributed by atoms with Gasteiger partial charge in [0.1, 0.15) is 0 Å². The fourth-order valence-corrected chi connectivity index (χ4v) is 1.29.